The molecule has 0 aliphatic heterocycles. The number of aliphatic hydroxyl groups excluding tert-OH is 1. The summed E-state index contributed by atoms with van der Waals surface area (Å²) in [5.41, 5.74) is 0.182. The molecule has 0 aromatic rings. The summed E-state index contributed by atoms with van der Waals surface area (Å²) in [7, 11) is 1.79. The normalized spacial score (nSPS) is 30.4. The van der Waals surface area contributed by atoms with E-state index in [1.54, 1.807) is 7.11 Å². The summed E-state index contributed by atoms with van der Waals surface area (Å²) in [5, 5.41) is 10.7. The topological polar surface area (TPSA) is 29.5 Å². The van der Waals surface area contributed by atoms with Gasteiger partial charge in [-0.15, -0.1) is 0 Å². The SMILES string of the molecule is COC1(C(O)C2CCCC2)CCC(C)(C)CC1. The van der Waals surface area contributed by atoms with E-state index in [0.29, 0.717) is 11.3 Å². The molecule has 2 nitrogen and oxygen atoms in total. The van der Waals surface area contributed by atoms with Gasteiger partial charge in [-0.3, -0.25) is 0 Å². The lowest BCUT2D eigenvalue weighted by Gasteiger charge is -2.46. The molecule has 2 aliphatic rings. The Kier molecular flexibility index (Phi) is 3.84. The molecule has 0 spiro atoms. The zero-order valence-electron chi connectivity index (χ0n) is 11.7. The largest absolute Gasteiger partial charge is 0.390 e. The van der Waals surface area contributed by atoms with Crippen molar-refractivity contribution in [2.24, 2.45) is 11.3 Å². The number of rotatable bonds is 3. The third kappa shape index (κ3) is 2.68. The van der Waals surface area contributed by atoms with E-state index in [1.807, 2.05) is 0 Å². The molecule has 1 N–H and O–H groups in total. The standard InChI is InChI=1S/C15H28O2/c1-14(2)8-10-15(17-3,11-9-14)13(16)12-6-4-5-7-12/h12-13,16H,4-11H2,1-3H3. The van der Waals surface area contributed by atoms with Crippen molar-refractivity contribution in [1.82, 2.24) is 0 Å². The number of ether oxygens (including phenoxy) is 1. The molecule has 2 heteroatoms. The third-order valence-electron chi connectivity index (χ3n) is 5.24. The first-order valence-corrected chi connectivity index (χ1v) is 7.22. The van der Waals surface area contributed by atoms with Crippen LogP contribution < -0.4 is 0 Å². The Morgan fingerprint density at radius 2 is 1.59 bits per heavy atom. The highest BCUT2D eigenvalue weighted by Crippen LogP contribution is 2.46. The van der Waals surface area contributed by atoms with Crippen molar-refractivity contribution in [2.75, 3.05) is 7.11 Å². The Morgan fingerprint density at radius 1 is 1.06 bits per heavy atom. The Bertz CT molecular complexity index is 244. The van der Waals surface area contributed by atoms with E-state index in [9.17, 15) is 5.11 Å². The van der Waals surface area contributed by atoms with Crippen LogP contribution in [-0.2, 0) is 4.74 Å². The monoisotopic (exact) mass is 240 g/mol. The van der Waals surface area contributed by atoms with Crippen LogP contribution in [-0.4, -0.2) is 23.9 Å². The number of hydrogen-bond donors (Lipinski definition) is 1. The maximum atomic E-state index is 10.7. The van der Waals surface area contributed by atoms with E-state index in [0.717, 1.165) is 12.8 Å². The second-order valence-electron chi connectivity index (χ2n) is 6.92. The van der Waals surface area contributed by atoms with Crippen molar-refractivity contribution in [1.29, 1.82) is 0 Å². The molecule has 2 saturated carbocycles. The van der Waals surface area contributed by atoms with Crippen LogP contribution in [0.4, 0.5) is 0 Å². The quantitative estimate of drug-likeness (QED) is 0.818. The fourth-order valence-corrected chi connectivity index (χ4v) is 3.67. The summed E-state index contributed by atoms with van der Waals surface area (Å²) < 4.78 is 5.80. The highest BCUT2D eigenvalue weighted by Gasteiger charge is 2.46. The lowest BCUT2D eigenvalue weighted by Crippen LogP contribution is -2.51. The predicted molar refractivity (Wildman–Crippen MR) is 70.0 cm³/mol. The fourth-order valence-electron chi connectivity index (χ4n) is 3.67. The first kappa shape index (κ1) is 13.4. The van der Waals surface area contributed by atoms with Gasteiger partial charge in [-0.25, -0.2) is 0 Å². The molecule has 0 radical (unpaired) electrons. The van der Waals surface area contributed by atoms with Crippen LogP contribution in [0.25, 0.3) is 0 Å². The van der Waals surface area contributed by atoms with Crippen molar-refractivity contribution >= 4 is 0 Å². The third-order valence-corrected chi connectivity index (χ3v) is 5.24. The van der Waals surface area contributed by atoms with Crippen LogP contribution in [0.5, 0.6) is 0 Å². The van der Waals surface area contributed by atoms with Crippen molar-refractivity contribution in [2.45, 2.75) is 76.9 Å². The summed E-state index contributed by atoms with van der Waals surface area (Å²) in [6.07, 6.45) is 9.09. The summed E-state index contributed by atoms with van der Waals surface area (Å²) >= 11 is 0. The number of hydrogen-bond acceptors (Lipinski definition) is 2. The van der Waals surface area contributed by atoms with Crippen molar-refractivity contribution in [3.05, 3.63) is 0 Å². The summed E-state index contributed by atoms with van der Waals surface area (Å²) in [4.78, 5) is 0. The highest BCUT2D eigenvalue weighted by atomic mass is 16.5. The minimum Gasteiger partial charge on any atom is -0.390 e. The van der Waals surface area contributed by atoms with Crippen LogP contribution in [0.3, 0.4) is 0 Å². The lowest BCUT2D eigenvalue weighted by atomic mass is 9.67. The van der Waals surface area contributed by atoms with E-state index < -0.39 is 0 Å². The van der Waals surface area contributed by atoms with Crippen LogP contribution in [0.1, 0.15) is 65.2 Å². The van der Waals surface area contributed by atoms with Crippen LogP contribution >= 0.6 is 0 Å². The molecule has 0 saturated heterocycles. The smallest absolute Gasteiger partial charge is 0.0939 e. The van der Waals surface area contributed by atoms with Crippen LogP contribution in [0.2, 0.25) is 0 Å². The average Bonchev–Trinajstić information content (AvgIpc) is 2.82. The molecule has 2 aliphatic carbocycles. The molecular formula is C15H28O2. The Morgan fingerprint density at radius 3 is 2.06 bits per heavy atom. The second-order valence-corrected chi connectivity index (χ2v) is 6.92. The molecule has 0 aromatic heterocycles. The maximum Gasteiger partial charge on any atom is 0.0939 e. The zero-order valence-corrected chi connectivity index (χ0v) is 11.7. The van der Waals surface area contributed by atoms with Gasteiger partial charge in [0, 0.05) is 7.11 Å². The maximum absolute atomic E-state index is 10.7. The molecule has 1 unspecified atom stereocenters. The van der Waals surface area contributed by atoms with Gasteiger partial charge in [0.1, 0.15) is 0 Å². The van der Waals surface area contributed by atoms with Gasteiger partial charge in [-0.2, -0.15) is 0 Å². The Hall–Kier alpha value is -0.0800. The number of aliphatic hydroxyl groups is 1. The lowest BCUT2D eigenvalue weighted by molar-refractivity contribution is -0.152. The van der Waals surface area contributed by atoms with Gasteiger partial charge < -0.3 is 9.84 Å². The fraction of sp³-hybridized carbons (Fsp3) is 1.00. The average molecular weight is 240 g/mol. The Labute approximate surface area is 106 Å². The summed E-state index contributed by atoms with van der Waals surface area (Å²) in [6.45, 7) is 4.66. The van der Waals surface area contributed by atoms with Gasteiger partial charge in [0.05, 0.1) is 11.7 Å². The molecule has 100 valence electrons. The van der Waals surface area contributed by atoms with Gasteiger partial charge in [-0.1, -0.05) is 26.7 Å². The molecule has 17 heavy (non-hydrogen) atoms. The Balaban J connectivity index is 2.04. The van der Waals surface area contributed by atoms with Crippen molar-refractivity contribution < 1.29 is 9.84 Å². The van der Waals surface area contributed by atoms with Crippen molar-refractivity contribution in [3.8, 4) is 0 Å². The summed E-state index contributed by atoms with van der Waals surface area (Å²) in [6, 6.07) is 0. The molecular weight excluding hydrogens is 212 g/mol. The first-order valence-electron chi connectivity index (χ1n) is 7.22. The minimum atomic E-state index is -0.246. The molecule has 2 fully saturated rings. The van der Waals surface area contributed by atoms with Crippen molar-refractivity contribution in [3.63, 3.8) is 0 Å². The van der Waals surface area contributed by atoms with Gasteiger partial charge in [0.25, 0.3) is 0 Å². The predicted octanol–water partition coefficient (Wildman–Crippen LogP) is 3.52. The van der Waals surface area contributed by atoms with E-state index in [-0.39, 0.29) is 11.7 Å². The van der Waals surface area contributed by atoms with Gasteiger partial charge >= 0.3 is 0 Å². The highest BCUT2D eigenvalue weighted by molar-refractivity contribution is 4.98. The van der Waals surface area contributed by atoms with Gasteiger partial charge in [0.15, 0.2) is 0 Å². The second kappa shape index (κ2) is 4.89. The molecule has 1 atom stereocenters. The molecule has 2 rings (SSSR count). The zero-order chi connectivity index (χ0) is 12.5. The molecule has 0 amide bonds. The van der Waals surface area contributed by atoms with E-state index in [1.165, 1.54) is 38.5 Å². The van der Waals surface area contributed by atoms with Gasteiger partial charge in [-0.05, 0) is 49.9 Å². The first-order chi connectivity index (χ1) is 7.99. The van der Waals surface area contributed by atoms with Crippen LogP contribution in [0, 0.1) is 11.3 Å². The van der Waals surface area contributed by atoms with E-state index in [2.05, 4.69) is 13.8 Å². The molecule has 0 bridgehead atoms. The molecule has 0 heterocycles. The van der Waals surface area contributed by atoms with Gasteiger partial charge in [0.2, 0.25) is 0 Å². The number of methoxy groups -OCH3 is 1. The van der Waals surface area contributed by atoms with Crippen LogP contribution in [0.15, 0.2) is 0 Å². The summed E-state index contributed by atoms with van der Waals surface area (Å²) in [5.74, 6) is 0.483. The molecule has 0 aromatic carbocycles. The van der Waals surface area contributed by atoms with E-state index in [4.69, 9.17) is 4.74 Å². The van der Waals surface area contributed by atoms with E-state index >= 15 is 0 Å². The minimum absolute atomic E-state index is 0.244.